The maximum Gasteiger partial charge on any atom is 0.278 e. The minimum atomic E-state index is -2.10. The SMILES string of the molecule is CCON=C(C(=O)NC1C(=O)N2C=C(C[P+](c3ccccc3)(c3ccccc3)c3ccccc3)CS[C@@H]12)c1nsc(N)n1. The molecule has 3 heterocycles. The Morgan fingerprint density at radius 2 is 1.60 bits per heavy atom. The largest absolute Gasteiger partial charge is 0.395 e. The number of nitrogens with two attached hydrogens (primary N) is 1. The number of amides is 2. The second-order valence-electron chi connectivity index (χ2n) is 9.97. The summed E-state index contributed by atoms with van der Waals surface area (Å²) in [6.45, 7) is 2.01. The fourth-order valence-corrected chi connectivity index (χ4v) is 11.5. The number of anilines is 1. The van der Waals surface area contributed by atoms with E-state index < -0.39 is 19.2 Å². The topological polar surface area (TPSA) is 123 Å². The molecule has 43 heavy (non-hydrogen) atoms. The molecule has 0 aliphatic carbocycles. The summed E-state index contributed by atoms with van der Waals surface area (Å²) in [7, 11) is -2.10. The van der Waals surface area contributed by atoms with Gasteiger partial charge in [-0.25, -0.2) is 0 Å². The highest BCUT2D eigenvalue weighted by molar-refractivity contribution is 8.00. The third-order valence-corrected chi connectivity index (χ3v) is 13.7. The molecule has 2 atom stereocenters. The predicted molar refractivity (Wildman–Crippen MR) is 176 cm³/mol. The first-order chi connectivity index (χ1) is 21.0. The van der Waals surface area contributed by atoms with Crippen molar-refractivity contribution in [3.63, 3.8) is 0 Å². The first-order valence-corrected chi connectivity index (χ1v) is 17.6. The lowest BCUT2D eigenvalue weighted by atomic mass is 10.1. The Hall–Kier alpha value is -4.05. The summed E-state index contributed by atoms with van der Waals surface area (Å²) in [5.74, 6) is 0.0482. The molecular weight excluding hydrogens is 599 g/mol. The van der Waals surface area contributed by atoms with Gasteiger partial charge in [-0.15, -0.1) is 11.8 Å². The van der Waals surface area contributed by atoms with Crippen molar-refractivity contribution in [1.29, 1.82) is 0 Å². The average molecular weight is 630 g/mol. The van der Waals surface area contributed by atoms with Crippen LogP contribution in [0.2, 0.25) is 0 Å². The Kier molecular flexibility index (Phi) is 8.56. The van der Waals surface area contributed by atoms with Gasteiger partial charge in [-0.2, -0.15) is 9.36 Å². The van der Waals surface area contributed by atoms with Gasteiger partial charge >= 0.3 is 0 Å². The molecule has 2 amide bonds. The van der Waals surface area contributed by atoms with E-state index in [9.17, 15) is 9.59 Å². The molecule has 3 aromatic carbocycles. The van der Waals surface area contributed by atoms with Gasteiger partial charge in [0.2, 0.25) is 11.5 Å². The highest BCUT2D eigenvalue weighted by atomic mass is 32.2. The van der Waals surface area contributed by atoms with E-state index >= 15 is 0 Å². The molecule has 1 fully saturated rings. The zero-order valence-electron chi connectivity index (χ0n) is 23.4. The normalized spacial score (nSPS) is 18.3. The van der Waals surface area contributed by atoms with Gasteiger partial charge in [0.15, 0.2) is 5.13 Å². The molecule has 1 unspecified atom stereocenters. The quantitative estimate of drug-likeness (QED) is 0.120. The molecule has 3 N–H and O–H groups in total. The van der Waals surface area contributed by atoms with Gasteiger partial charge in [-0.3, -0.25) is 9.59 Å². The zero-order valence-corrected chi connectivity index (χ0v) is 25.9. The molecule has 12 heteroatoms. The van der Waals surface area contributed by atoms with E-state index in [4.69, 9.17) is 10.6 Å². The standard InChI is InChI=1S/C31H29N6O3PS2/c1-2-40-35-25(27-34-31(32)43-36-27)28(38)33-26-29(39)37-18-21(20-42-30(26)37)19-41(22-12-6-3-7-13-22,23-14-8-4-9-15-23)24-16-10-5-11-17-24/h3-18,26,30H,2,19-20H2,1H3,(H2-,32,33,34,36,38)/p+1/t26?,30-/m0/s1. The lowest BCUT2D eigenvalue weighted by Gasteiger charge is -2.47. The lowest BCUT2D eigenvalue weighted by molar-refractivity contribution is -0.143. The van der Waals surface area contributed by atoms with E-state index in [1.165, 1.54) is 21.5 Å². The van der Waals surface area contributed by atoms with E-state index in [1.54, 1.807) is 23.6 Å². The molecule has 2 aliphatic heterocycles. The van der Waals surface area contributed by atoms with Crippen molar-refractivity contribution in [3.05, 3.63) is 109 Å². The highest BCUT2D eigenvalue weighted by Crippen LogP contribution is 2.57. The molecule has 0 bridgehead atoms. The third-order valence-electron chi connectivity index (χ3n) is 7.31. The van der Waals surface area contributed by atoms with Gasteiger partial charge in [0, 0.05) is 23.5 Å². The van der Waals surface area contributed by atoms with Crippen LogP contribution in [-0.4, -0.2) is 61.7 Å². The minimum Gasteiger partial charge on any atom is -0.395 e. The van der Waals surface area contributed by atoms with Gasteiger partial charge in [0.1, 0.15) is 41.2 Å². The molecule has 6 rings (SSSR count). The third kappa shape index (κ3) is 5.68. The van der Waals surface area contributed by atoms with Crippen molar-refractivity contribution < 1.29 is 14.4 Å². The van der Waals surface area contributed by atoms with Crippen molar-refractivity contribution in [3.8, 4) is 0 Å². The van der Waals surface area contributed by atoms with Crippen LogP contribution >= 0.6 is 30.6 Å². The first kappa shape index (κ1) is 29.0. The smallest absolute Gasteiger partial charge is 0.278 e. The van der Waals surface area contributed by atoms with Crippen LogP contribution in [0.3, 0.4) is 0 Å². The molecule has 2 aliphatic rings. The maximum absolute atomic E-state index is 13.4. The molecular formula is C31H30N6O3PS2+. The average Bonchev–Trinajstić information content (AvgIpc) is 3.49. The van der Waals surface area contributed by atoms with E-state index in [1.807, 2.05) is 24.4 Å². The number of fused-ring (bicyclic) bond motifs is 1. The number of oxime groups is 1. The van der Waals surface area contributed by atoms with Crippen LogP contribution in [0.5, 0.6) is 0 Å². The van der Waals surface area contributed by atoms with Gasteiger partial charge in [-0.1, -0.05) is 59.8 Å². The Bertz CT molecular complexity index is 1570. The number of aromatic nitrogens is 2. The van der Waals surface area contributed by atoms with Crippen LogP contribution in [0.15, 0.2) is 108 Å². The Balaban J connectivity index is 1.28. The number of β-lactam (4-membered cyclic amide) rings is 1. The van der Waals surface area contributed by atoms with Crippen LogP contribution in [0, 0.1) is 0 Å². The van der Waals surface area contributed by atoms with Crippen molar-refractivity contribution in [2.75, 3.05) is 24.3 Å². The number of carbonyl (C=O) groups is 2. The van der Waals surface area contributed by atoms with E-state index in [-0.39, 0.29) is 34.6 Å². The van der Waals surface area contributed by atoms with Gasteiger partial charge in [0.05, 0.1) is 6.16 Å². The van der Waals surface area contributed by atoms with Crippen molar-refractivity contribution in [2.45, 2.75) is 18.3 Å². The lowest BCUT2D eigenvalue weighted by Crippen LogP contribution is -2.69. The van der Waals surface area contributed by atoms with Crippen molar-refractivity contribution >= 4 is 69.1 Å². The van der Waals surface area contributed by atoms with Crippen LogP contribution in [0.4, 0.5) is 5.13 Å². The Morgan fingerprint density at radius 1 is 1.02 bits per heavy atom. The van der Waals surface area contributed by atoms with Gasteiger partial charge in [-0.05, 0) is 48.9 Å². The number of nitrogens with zero attached hydrogens (tertiary/aromatic N) is 4. The summed E-state index contributed by atoms with van der Waals surface area (Å²) in [5, 5.41) is 10.6. The Morgan fingerprint density at radius 3 is 2.12 bits per heavy atom. The maximum atomic E-state index is 13.4. The van der Waals surface area contributed by atoms with E-state index in [2.05, 4.69) is 92.6 Å². The van der Waals surface area contributed by atoms with Crippen molar-refractivity contribution in [2.24, 2.45) is 5.16 Å². The molecule has 0 spiro atoms. The molecule has 1 aromatic heterocycles. The molecule has 9 nitrogen and oxygen atoms in total. The number of rotatable bonds is 10. The predicted octanol–water partition coefficient (Wildman–Crippen LogP) is 3.14. The molecule has 1 saturated heterocycles. The molecule has 0 saturated carbocycles. The highest BCUT2D eigenvalue weighted by Gasteiger charge is 2.52. The number of benzene rings is 3. The summed E-state index contributed by atoms with van der Waals surface area (Å²) >= 11 is 2.61. The molecule has 0 radical (unpaired) electrons. The van der Waals surface area contributed by atoms with Crippen molar-refractivity contribution in [1.82, 2.24) is 19.6 Å². The number of nitrogen functional groups attached to an aromatic ring is 1. The number of hydrogen-bond acceptors (Lipinski definition) is 9. The fourth-order valence-electron chi connectivity index (χ4n) is 5.37. The summed E-state index contributed by atoms with van der Waals surface area (Å²) in [5.41, 5.74) is 6.79. The molecule has 218 valence electrons. The minimum absolute atomic E-state index is 0.0681. The first-order valence-electron chi connectivity index (χ1n) is 13.8. The number of nitrogens with one attached hydrogen (secondary N) is 1. The number of thioether (sulfide) groups is 1. The van der Waals surface area contributed by atoms with Gasteiger partial charge < -0.3 is 20.8 Å². The monoisotopic (exact) mass is 629 g/mol. The Labute approximate surface area is 258 Å². The summed E-state index contributed by atoms with van der Waals surface area (Å²) < 4.78 is 4.09. The number of hydrogen-bond donors (Lipinski definition) is 2. The molecule has 4 aromatic rings. The second-order valence-corrected chi connectivity index (χ2v) is 15.3. The fraction of sp³-hybridized carbons (Fsp3) is 0.194. The second kappa shape index (κ2) is 12.7. The summed E-state index contributed by atoms with van der Waals surface area (Å²) in [4.78, 5) is 37.5. The zero-order chi connectivity index (χ0) is 29.8. The van der Waals surface area contributed by atoms with E-state index in [0.717, 1.165) is 23.4 Å². The summed E-state index contributed by atoms with van der Waals surface area (Å²) in [6.07, 6.45) is 2.79. The van der Waals surface area contributed by atoms with Crippen LogP contribution in [-0.2, 0) is 14.4 Å². The van der Waals surface area contributed by atoms with Crippen LogP contribution < -0.4 is 27.0 Å². The van der Waals surface area contributed by atoms with Crippen LogP contribution in [0.25, 0.3) is 0 Å². The van der Waals surface area contributed by atoms with E-state index in [0.29, 0.717) is 0 Å². The van der Waals surface area contributed by atoms with Gasteiger partial charge in [0.25, 0.3) is 11.8 Å². The number of carbonyl (C=O) groups excluding carboxylic acids is 2. The van der Waals surface area contributed by atoms with Crippen LogP contribution in [0.1, 0.15) is 12.7 Å². The summed E-state index contributed by atoms with van der Waals surface area (Å²) in [6, 6.07) is 31.4.